The van der Waals surface area contributed by atoms with Crippen molar-refractivity contribution < 1.29 is 13.2 Å². The Hall–Kier alpha value is -1.25. The molecule has 0 aliphatic carbocycles. The molecule has 1 saturated heterocycles. The van der Waals surface area contributed by atoms with Gasteiger partial charge in [-0.3, -0.25) is 4.79 Å². The van der Waals surface area contributed by atoms with E-state index in [0.29, 0.717) is 48.1 Å². The van der Waals surface area contributed by atoms with Crippen LogP contribution in [0.25, 0.3) is 0 Å². The van der Waals surface area contributed by atoms with Gasteiger partial charge in [-0.1, -0.05) is 47.5 Å². The minimum Gasteiger partial charge on any atom is -0.355 e. The lowest BCUT2D eigenvalue weighted by Gasteiger charge is -2.30. The number of amides is 1. The number of piperidine rings is 1. The van der Waals surface area contributed by atoms with Crippen LogP contribution in [0, 0.1) is 5.92 Å². The highest BCUT2D eigenvalue weighted by Crippen LogP contribution is 2.26. The molecule has 1 aliphatic rings. The van der Waals surface area contributed by atoms with Crippen molar-refractivity contribution >= 4 is 50.9 Å². The van der Waals surface area contributed by atoms with Crippen LogP contribution in [0.3, 0.4) is 0 Å². The molecule has 1 aliphatic heterocycles. The molecular formula is C21H24Cl2N2O3S2. The summed E-state index contributed by atoms with van der Waals surface area (Å²) < 4.78 is 26.9. The van der Waals surface area contributed by atoms with E-state index in [1.54, 1.807) is 30.0 Å². The Bertz CT molecular complexity index is 963. The largest absolute Gasteiger partial charge is 0.355 e. The van der Waals surface area contributed by atoms with Crippen LogP contribution in [0.1, 0.15) is 18.4 Å². The minimum absolute atomic E-state index is 0.00135. The van der Waals surface area contributed by atoms with Gasteiger partial charge in [0.2, 0.25) is 15.9 Å². The summed E-state index contributed by atoms with van der Waals surface area (Å²) in [6.45, 7) is 1.26. The summed E-state index contributed by atoms with van der Waals surface area (Å²) in [6, 6.07) is 14.8. The maximum atomic E-state index is 12.7. The fraction of sp³-hybridized carbons (Fsp3) is 0.381. The van der Waals surface area contributed by atoms with Crippen LogP contribution in [-0.2, 0) is 20.6 Å². The zero-order chi connectivity index (χ0) is 21.6. The molecule has 5 nitrogen and oxygen atoms in total. The fourth-order valence-corrected chi connectivity index (χ4v) is 6.27. The third-order valence-corrected chi connectivity index (χ3v) is 8.41. The number of hydrogen-bond acceptors (Lipinski definition) is 4. The molecule has 0 atom stereocenters. The number of carbonyl (C=O) groups is 1. The summed E-state index contributed by atoms with van der Waals surface area (Å²) in [5.41, 5.74) is 0.525. The average molecular weight is 487 g/mol. The third-order valence-electron chi connectivity index (χ3n) is 4.98. The summed E-state index contributed by atoms with van der Waals surface area (Å²) in [5.74, 6) is 0.472. The van der Waals surface area contributed by atoms with E-state index in [0.717, 1.165) is 5.75 Å². The van der Waals surface area contributed by atoms with Gasteiger partial charge >= 0.3 is 0 Å². The molecule has 1 heterocycles. The van der Waals surface area contributed by atoms with E-state index in [9.17, 15) is 13.2 Å². The maximum absolute atomic E-state index is 12.7. The molecule has 162 valence electrons. The molecule has 0 radical (unpaired) electrons. The van der Waals surface area contributed by atoms with E-state index >= 15 is 0 Å². The Morgan fingerprint density at radius 2 is 1.80 bits per heavy atom. The van der Waals surface area contributed by atoms with Crippen LogP contribution in [0.5, 0.6) is 0 Å². The standard InChI is InChI=1S/C21H24Cl2N2O3S2/c22-18-7-6-17(20(23)14-18)15-30(27,28)25-11-8-16(9-12-25)21(26)24-10-13-29-19-4-2-1-3-5-19/h1-7,14,16H,8-13,15H2,(H,24,26). The van der Waals surface area contributed by atoms with Crippen LogP contribution in [0.4, 0.5) is 0 Å². The average Bonchev–Trinajstić information content (AvgIpc) is 2.74. The number of nitrogens with zero attached hydrogens (tertiary/aromatic N) is 1. The van der Waals surface area contributed by atoms with Crippen LogP contribution in [0.15, 0.2) is 53.4 Å². The number of sulfonamides is 1. The van der Waals surface area contributed by atoms with Crippen molar-refractivity contribution in [3.63, 3.8) is 0 Å². The Morgan fingerprint density at radius 3 is 2.47 bits per heavy atom. The number of benzene rings is 2. The topological polar surface area (TPSA) is 66.5 Å². The maximum Gasteiger partial charge on any atom is 0.223 e. The second-order valence-electron chi connectivity index (χ2n) is 7.12. The SMILES string of the molecule is O=C(NCCSc1ccccc1)C1CCN(S(=O)(=O)Cc2ccc(Cl)cc2Cl)CC1. The van der Waals surface area contributed by atoms with Crippen molar-refractivity contribution in [3.05, 3.63) is 64.1 Å². The van der Waals surface area contributed by atoms with Gasteiger partial charge in [0.1, 0.15) is 0 Å². The second-order valence-corrected chi connectivity index (χ2v) is 11.1. The van der Waals surface area contributed by atoms with Crippen molar-refractivity contribution in [1.82, 2.24) is 9.62 Å². The molecule has 3 rings (SSSR count). The lowest BCUT2D eigenvalue weighted by Crippen LogP contribution is -2.43. The number of nitrogens with one attached hydrogen (secondary N) is 1. The molecule has 9 heteroatoms. The zero-order valence-corrected chi connectivity index (χ0v) is 19.5. The van der Waals surface area contributed by atoms with Crippen molar-refractivity contribution in [2.45, 2.75) is 23.5 Å². The highest BCUT2D eigenvalue weighted by atomic mass is 35.5. The van der Waals surface area contributed by atoms with Gasteiger partial charge < -0.3 is 5.32 Å². The lowest BCUT2D eigenvalue weighted by atomic mass is 9.97. The summed E-state index contributed by atoms with van der Waals surface area (Å²) >= 11 is 13.7. The summed E-state index contributed by atoms with van der Waals surface area (Å²) in [4.78, 5) is 13.6. The Balaban J connectivity index is 1.43. The molecule has 2 aromatic carbocycles. The van der Waals surface area contributed by atoms with Gasteiger partial charge in [-0.05, 0) is 42.7 Å². The van der Waals surface area contributed by atoms with Crippen LogP contribution in [0.2, 0.25) is 10.0 Å². The van der Waals surface area contributed by atoms with E-state index in [2.05, 4.69) is 5.32 Å². The predicted octanol–water partition coefficient (Wildman–Crippen LogP) is 4.44. The van der Waals surface area contributed by atoms with E-state index in [1.165, 1.54) is 9.20 Å². The molecule has 0 aromatic heterocycles. The molecule has 1 fully saturated rings. The second kappa shape index (κ2) is 10.9. The highest BCUT2D eigenvalue weighted by molar-refractivity contribution is 7.99. The Morgan fingerprint density at radius 1 is 1.10 bits per heavy atom. The number of hydrogen-bond donors (Lipinski definition) is 1. The quantitative estimate of drug-likeness (QED) is 0.442. The number of rotatable bonds is 8. The van der Waals surface area contributed by atoms with E-state index in [1.807, 2.05) is 30.3 Å². The first-order valence-corrected chi connectivity index (χ1v) is 13.1. The summed E-state index contributed by atoms with van der Waals surface area (Å²) in [6.07, 6.45) is 1.04. The Labute approximate surface area is 192 Å². The molecule has 30 heavy (non-hydrogen) atoms. The normalized spacial score (nSPS) is 15.8. The van der Waals surface area contributed by atoms with Crippen LogP contribution < -0.4 is 5.32 Å². The number of thioether (sulfide) groups is 1. The molecule has 0 saturated carbocycles. The molecule has 1 N–H and O–H groups in total. The minimum atomic E-state index is -3.50. The summed E-state index contributed by atoms with van der Waals surface area (Å²) in [5, 5.41) is 3.78. The van der Waals surface area contributed by atoms with Crippen LogP contribution in [-0.4, -0.2) is 44.0 Å². The van der Waals surface area contributed by atoms with Crippen molar-refractivity contribution in [2.24, 2.45) is 5.92 Å². The predicted molar refractivity (Wildman–Crippen MR) is 124 cm³/mol. The summed E-state index contributed by atoms with van der Waals surface area (Å²) in [7, 11) is -3.50. The molecule has 0 bridgehead atoms. The highest BCUT2D eigenvalue weighted by Gasteiger charge is 2.31. The van der Waals surface area contributed by atoms with Gasteiger partial charge in [-0.25, -0.2) is 12.7 Å². The van der Waals surface area contributed by atoms with Gasteiger partial charge in [-0.15, -0.1) is 11.8 Å². The van der Waals surface area contributed by atoms with Crippen molar-refractivity contribution in [3.8, 4) is 0 Å². The first-order chi connectivity index (χ1) is 14.3. The molecule has 0 spiro atoms. The van der Waals surface area contributed by atoms with Gasteiger partial charge in [0.05, 0.1) is 5.75 Å². The van der Waals surface area contributed by atoms with E-state index in [4.69, 9.17) is 23.2 Å². The molecule has 1 amide bonds. The molecular weight excluding hydrogens is 463 g/mol. The molecule has 2 aromatic rings. The van der Waals surface area contributed by atoms with Crippen LogP contribution >= 0.6 is 35.0 Å². The zero-order valence-electron chi connectivity index (χ0n) is 16.4. The van der Waals surface area contributed by atoms with Gasteiger partial charge in [0.25, 0.3) is 0 Å². The smallest absolute Gasteiger partial charge is 0.223 e. The van der Waals surface area contributed by atoms with Gasteiger partial charge in [0.15, 0.2) is 0 Å². The Kier molecular flexibility index (Phi) is 8.48. The number of halogens is 2. The third kappa shape index (κ3) is 6.62. The van der Waals surface area contributed by atoms with E-state index < -0.39 is 10.0 Å². The van der Waals surface area contributed by atoms with Gasteiger partial charge in [-0.2, -0.15) is 0 Å². The van der Waals surface area contributed by atoms with Gasteiger partial charge in [0, 0.05) is 46.2 Å². The van der Waals surface area contributed by atoms with E-state index in [-0.39, 0.29) is 17.6 Å². The molecule has 0 unspecified atom stereocenters. The van der Waals surface area contributed by atoms with Crippen molar-refractivity contribution in [2.75, 3.05) is 25.4 Å². The number of carbonyl (C=O) groups excluding carboxylic acids is 1. The fourth-order valence-electron chi connectivity index (χ4n) is 3.33. The van der Waals surface area contributed by atoms with Crippen molar-refractivity contribution in [1.29, 1.82) is 0 Å². The lowest BCUT2D eigenvalue weighted by molar-refractivity contribution is -0.125. The first kappa shape index (κ1) is 23.4. The first-order valence-electron chi connectivity index (χ1n) is 9.72. The monoisotopic (exact) mass is 486 g/mol.